The molecule has 5 nitrogen and oxygen atoms in total. The van der Waals surface area contributed by atoms with Crippen LogP contribution in [-0.2, 0) is 19.1 Å². The average Bonchev–Trinajstić information content (AvgIpc) is 3.27. The molecule has 2 unspecified atom stereocenters. The lowest BCUT2D eigenvalue weighted by atomic mass is 10.1. The van der Waals surface area contributed by atoms with E-state index in [1.807, 2.05) is 54.1 Å². The molecule has 0 N–H and O–H groups in total. The lowest BCUT2D eigenvalue weighted by molar-refractivity contribution is -0.143. The lowest BCUT2D eigenvalue weighted by Crippen LogP contribution is -2.27. The largest absolute Gasteiger partial charge is 0.464 e. The summed E-state index contributed by atoms with van der Waals surface area (Å²) in [5, 5.41) is 0.724. The number of rotatable bonds is 52. The molecule has 0 saturated carbocycles. The van der Waals surface area contributed by atoms with Crippen molar-refractivity contribution in [3.05, 3.63) is 0 Å². The maximum atomic E-state index is 12.9. The first kappa shape index (κ1) is 62.3. The van der Waals surface area contributed by atoms with Gasteiger partial charge in [-0.1, -0.05) is 207 Å². The predicted molar refractivity (Wildman–Crippen MR) is 286 cm³/mol. The minimum Gasteiger partial charge on any atom is -0.464 e. The maximum absolute atomic E-state index is 12.9. The highest BCUT2D eigenvalue weighted by atomic mass is 32.2. The lowest BCUT2D eigenvalue weighted by Gasteiger charge is -2.19. The van der Waals surface area contributed by atoms with Crippen LogP contribution < -0.4 is 0 Å². The summed E-state index contributed by atoms with van der Waals surface area (Å²) in [6.45, 7) is 11.4. The highest BCUT2D eigenvalue weighted by Gasteiger charge is 2.16. The number of unbranched alkanes of at least 4 members (excludes halogenated alkanes) is 28. The minimum atomic E-state index is -0.119. The molecular formula is C53H105NO4S4. The molecule has 2 atom stereocenters. The van der Waals surface area contributed by atoms with E-state index in [4.69, 9.17) is 9.47 Å². The van der Waals surface area contributed by atoms with Gasteiger partial charge in [0.1, 0.15) is 13.2 Å². The van der Waals surface area contributed by atoms with Gasteiger partial charge in [0.05, 0.1) is 12.8 Å². The number of thioether (sulfide) groups is 4. The molecule has 62 heavy (non-hydrogen) atoms. The molecule has 0 aliphatic heterocycles. The second-order valence-electron chi connectivity index (χ2n) is 18.2. The standard InChI is InChI=1S/C53H105NO4S4/c1-6-10-14-18-22-26-30-34-42-59-48-50(61-44-36-32-28-24-20-16-12-8-3)46-57-52(55)38-40-54(5)41-39-53(56)58-47-51(62-45-37-33-29-25-21-17-13-9-4)49-60-43-35-31-27-23-19-15-11-7-2/h50-51H,6-49H2,1-5H3. The number of carbonyl (C=O) groups excluding carboxylic acids is 2. The molecule has 0 fully saturated rings. The first-order valence-corrected chi connectivity index (χ1v) is 31.3. The number of hydrogen-bond acceptors (Lipinski definition) is 9. The van der Waals surface area contributed by atoms with Crippen molar-refractivity contribution in [1.82, 2.24) is 4.90 Å². The monoisotopic (exact) mass is 948 g/mol. The molecule has 0 radical (unpaired) electrons. The first-order valence-electron chi connectivity index (χ1n) is 26.8. The summed E-state index contributed by atoms with van der Waals surface area (Å²) in [7, 11) is 2.00. The second-order valence-corrected chi connectivity index (χ2v) is 23.3. The Balaban J connectivity index is 4.58. The number of hydrogen-bond donors (Lipinski definition) is 0. The molecule has 0 spiro atoms. The summed E-state index contributed by atoms with van der Waals surface area (Å²) in [5.41, 5.74) is 0. The van der Waals surface area contributed by atoms with Crippen molar-refractivity contribution in [2.45, 2.75) is 257 Å². The summed E-state index contributed by atoms with van der Waals surface area (Å²) in [5.74, 6) is 6.62. The van der Waals surface area contributed by atoms with Crippen LogP contribution >= 0.6 is 47.0 Å². The van der Waals surface area contributed by atoms with E-state index in [0.29, 0.717) is 49.6 Å². The third kappa shape index (κ3) is 48.2. The molecule has 0 saturated heterocycles. The molecule has 0 aromatic rings. The normalized spacial score (nSPS) is 12.6. The van der Waals surface area contributed by atoms with Gasteiger partial charge in [0.25, 0.3) is 0 Å². The fourth-order valence-corrected chi connectivity index (χ4v) is 12.5. The van der Waals surface area contributed by atoms with E-state index in [9.17, 15) is 9.59 Å². The van der Waals surface area contributed by atoms with E-state index in [0.717, 1.165) is 23.0 Å². The highest BCUT2D eigenvalue weighted by molar-refractivity contribution is 8.03. The van der Waals surface area contributed by atoms with Crippen LogP contribution in [0, 0.1) is 0 Å². The molecule has 0 bridgehead atoms. The third-order valence-electron chi connectivity index (χ3n) is 11.9. The van der Waals surface area contributed by atoms with E-state index in [2.05, 4.69) is 32.6 Å². The Morgan fingerprint density at radius 3 is 0.935 bits per heavy atom. The van der Waals surface area contributed by atoms with Crippen molar-refractivity contribution in [3.63, 3.8) is 0 Å². The zero-order valence-electron chi connectivity index (χ0n) is 42.0. The van der Waals surface area contributed by atoms with Crippen molar-refractivity contribution in [2.24, 2.45) is 0 Å². The molecule has 370 valence electrons. The molecule has 0 aliphatic rings. The second kappa shape index (κ2) is 52.3. The van der Waals surface area contributed by atoms with Crippen molar-refractivity contribution >= 4 is 59.0 Å². The van der Waals surface area contributed by atoms with Crippen LogP contribution in [0.5, 0.6) is 0 Å². The average molecular weight is 949 g/mol. The Kier molecular flexibility index (Phi) is 52.5. The first-order chi connectivity index (χ1) is 30.5. The number of nitrogens with zero attached hydrogens (tertiary/aromatic N) is 1. The summed E-state index contributed by atoms with van der Waals surface area (Å²) in [6, 6.07) is 0. The van der Waals surface area contributed by atoms with Crippen molar-refractivity contribution < 1.29 is 19.1 Å². The summed E-state index contributed by atoms with van der Waals surface area (Å²) in [4.78, 5) is 27.8. The number of esters is 2. The van der Waals surface area contributed by atoms with Crippen LogP contribution in [0.4, 0.5) is 0 Å². The van der Waals surface area contributed by atoms with Crippen LogP contribution in [-0.4, -0.2) is 95.2 Å². The topological polar surface area (TPSA) is 55.8 Å². The van der Waals surface area contributed by atoms with E-state index < -0.39 is 0 Å². The molecule has 0 aromatic heterocycles. The Bertz CT molecular complexity index is 845. The SMILES string of the molecule is CCCCCCCCCCSCC(COC(=O)CCN(C)CCC(=O)OCC(CSCCCCCCCCCC)SCCCCCCCCCC)SCCCCCCCCCC. The van der Waals surface area contributed by atoms with E-state index >= 15 is 0 Å². The Hall–Kier alpha value is 0.300. The summed E-state index contributed by atoms with van der Waals surface area (Å²) in [6.07, 6.45) is 43.9. The van der Waals surface area contributed by atoms with Gasteiger partial charge in [-0.25, -0.2) is 0 Å². The minimum absolute atomic E-state index is 0.119. The number of ether oxygens (including phenoxy) is 2. The van der Waals surface area contributed by atoms with E-state index in [1.54, 1.807) is 0 Å². The molecule has 0 aromatic carbocycles. The molecule has 0 aliphatic carbocycles. The van der Waals surface area contributed by atoms with Gasteiger partial charge >= 0.3 is 11.9 Å². The van der Waals surface area contributed by atoms with Gasteiger partial charge in [-0.15, -0.1) is 0 Å². The van der Waals surface area contributed by atoms with Crippen molar-refractivity contribution in [2.75, 3.05) is 67.9 Å². The zero-order chi connectivity index (χ0) is 45.2. The van der Waals surface area contributed by atoms with Gasteiger partial charge in [-0.2, -0.15) is 47.0 Å². The fourth-order valence-electron chi connectivity index (χ4n) is 7.56. The molecule has 0 rings (SSSR count). The number of carbonyl (C=O) groups is 2. The predicted octanol–water partition coefficient (Wildman–Crippen LogP) is 17.0. The smallest absolute Gasteiger partial charge is 0.307 e. The van der Waals surface area contributed by atoms with Crippen LogP contribution in [0.1, 0.15) is 246 Å². The maximum Gasteiger partial charge on any atom is 0.307 e. The molecule has 0 amide bonds. The fraction of sp³-hybridized carbons (Fsp3) is 0.962. The Morgan fingerprint density at radius 2 is 0.645 bits per heavy atom. The summed E-state index contributed by atoms with van der Waals surface area (Å²) >= 11 is 8.13. The van der Waals surface area contributed by atoms with Crippen LogP contribution in [0.25, 0.3) is 0 Å². The molecular weight excluding hydrogens is 843 g/mol. The van der Waals surface area contributed by atoms with Crippen LogP contribution in [0.15, 0.2) is 0 Å². The quantitative estimate of drug-likeness (QED) is 0.0438. The highest BCUT2D eigenvalue weighted by Crippen LogP contribution is 2.23. The van der Waals surface area contributed by atoms with E-state index in [1.165, 1.54) is 217 Å². The van der Waals surface area contributed by atoms with Gasteiger partial charge in [0.2, 0.25) is 0 Å². The van der Waals surface area contributed by atoms with Gasteiger partial charge in [-0.3, -0.25) is 9.59 Å². The van der Waals surface area contributed by atoms with Gasteiger partial charge < -0.3 is 14.4 Å². The summed E-state index contributed by atoms with van der Waals surface area (Å²) < 4.78 is 11.8. The van der Waals surface area contributed by atoms with Crippen LogP contribution in [0.2, 0.25) is 0 Å². The Morgan fingerprint density at radius 1 is 0.387 bits per heavy atom. The van der Waals surface area contributed by atoms with Gasteiger partial charge in [-0.05, 0) is 55.7 Å². The van der Waals surface area contributed by atoms with Crippen molar-refractivity contribution in [1.29, 1.82) is 0 Å². The van der Waals surface area contributed by atoms with Crippen LogP contribution in [0.3, 0.4) is 0 Å². The van der Waals surface area contributed by atoms with Gasteiger partial charge in [0.15, 0.2) is 0 Å². The van der Waals surface area contributed by atoms with Crippen molar-refractivity contribution in [3.8, 4) is 0 Å². The Labute approximate surface area is 405 Å². The van der Waals surface area contributed by atoms with E-state index in [-0.39, 0.29) is 11.9 Å². The molecule has 0 heterocycles. The molecule has 9 heteroatoms. The third-order valence-corrected chi connectivity index (χ3v) is 17.3. The van der Waals surface area contributed by atoms with Gasteiger partial charge in [0, 0.05) is 35.1 Å². The zero-order valence-corrected chi connectivity index (χ0v) is 45.2.